The third-order valence-corrected chi connectivity index (χ3v) is 3.18. The van der Waals surface area contributed by atoms with E-state index in [0.29, 0.717) is 6.04 Å². The van der Waals surface area contributed by atoms with E-state index in [0.717, 1.165) is 25.5 Å². The van der Waals surface area contributed by atoms with Gasteiger partial charge in [-0.1, -0.05) is 6.92 Å². The molecule has 0 amide bonds. The van der Waals surface area contributed by atoms with Gasteiger partial charge in [-0.3, -0.25) is 0 Å². The summed E-state index contributed by atoms with van der Waals surface area (Å²) in [6, 6.07) is 0.696. The number of nitrogens with one attached hydrogen (secondary N) is 1. The van der Waals surface area contributed by atoms with Crippen molar-refractivity contribution in [1.29, 1.82) is 0 Å². The van der Waals surface area contributed by atoms with Gasteiger partial charge in [0.25, 0.3) is 0 Å². The Labute approximate surface area is 94.2 Å². The number of hydrogen-bond acceptors (Lipinski definition) is 3. The summed E-state index contributed by atoms with van der Waals surface area (Å²) < 4.78 is 5.06. The Balaban J connectivity index is 2.10. The first-order valence-corrected chi connectivity index (χ1v) is 6.13. The van der Waals surface area contributed by atoms with Gasteiger partial charge in [0, 0.05) is 32.8 Å². The Kier molecular flexibility index (Phi) is 6.22. The predicted molar refractivity (Wildman–Crippen MR) is 64.2 cm³/mol. The summed E-state index contributed by atoms with van der Waals surface area (Å²) in [6.07, 6.45) is 3.80. The second-order valence-corrected chi connectivity index (χ2v) is 4.89. The van der Waals surface area contributed by atoms with Gasteiger partial charge < -0.3 is 15.0 Å². The summed E-state index contributed by atoms with van der Waals surface area (Å²) >= 11 is 0. The average molecular weight is 214 g/mol. The Bertz CT molecular complexity index is 164. The largest absolute Gasteiger partial charge is 0.385 e. The van der Waals surface area contributed by atoms with Crippen LogP contribution in [0.3, 0.4) is 0 Å². The summed E-state index contributed by atoms with van der Waals surface area (Å²) in [5.74, 6) is 0.892. The summed E-state index contributed by atoms with van der Waals surface area (Å²) in [4.78, 5) is 2.41. The minimum Gasteiger partial charge on any atom is -0.385 e. The number of likely N-dealkylation sites (N-methyl/N-ethyl adjacent to an activating group) is 1. The standard InChI is InChI=1S/C12H26N2O/c1-11-5-6-13-12(9-11)10-14(2)7-4-8-15-3/h11-13H,4-10H2,1-3H3. The molecule has 1 N–H and O–H groups in total. The molecule has 0 aromatic heterocycles. The molecule has 1 heterocycles. The Morgan fingerprint density at radius 1 is 1.47 bits per heavy atom. The smallest absolute Gasteiger partial charge is 0.0474 e. The highest BCUT2D eigenvalue weighted by Crippen LogP contribution is 2.15. The predicted octanol–water partition coefficient (Wildman–Crippen LogP) is 1.34. The summed E-state index contributed by atoms with van der Waals surface area (Å²) in [7, 11) is 3.97. The van der Waals surface area contributed by atoms with Crippen molar-refractivity contribution in [3.63, 3.8) is 0 Å². The summed E-state index contributed by atoms with van der Waals surface area (Å²) in [5, 5.41) is 3.60. The number of piperidine rings is 1. The monoisotopic (exact) mass is 214 g/mol. The zero-order chi connectivity index (χ0) is 11.1. The molecule has 3 heteroatoms. The lowest BCUT2D eigenvalue weighted by Gasteiger charge is -2.31. The normalized spacial score (nSPS) is 27.2. The molecular weight excluding hydrogens is 188 g/mol. The van der Waals surface area contributed by atoms with Gasteiger partial charge in [0.2, 0.25) is 0 Å². The first kappa shape index (κ1) is 12.9. The van der Waals surface area contributed by atoms with Gasteiger partial charge >= 0.3 is 0 Å². The van der Waals surface area contributed by atoms with Gasteiger partial charge in [-0.05, 0) is 38.8 Å². The Morgan fingerprint density at radius 3 is 2.93 bits per heavy atom. The molecular formula is C12H26N2O. The van der Waals surface area contributed by atoms with E-state index in [1.807, 2.05) is 0 Å². The van der Waals surface area contributed by atoms with Gasteiger partial charge in [-0.15, -0.1) is 0 Å². The molecule has 1 fully saturated rings. The second-order valence-electron chi connectivity index (χ2n) is 4.89. The topological polar surface area (TPSA) is 24.5 Å². The van der Waals surface area contributed by atoms with Gasteiger partial charge in [-0.2, -0.15) is 0 Å². The fourth-order valence-corrected chi connectivity index (χ4v) is 2.31. The number of methoxy groups -OCH3 is 1. The maximum Gasteiger partial charge on any atom is 0.0474 e. The molecule has 2 atom stereocenters. The molecule has 0 aromatic carbocycles. The Morgan fingerprint density at radius 2 is 2.27 bits per heavy atom. The lowest BCUT2D eigenvalue weighted by Crippen LogP contribution is -2.44. The maximum atomic E-state index is 5.06. The highest BCUT2D eigenvalue weighted by molar-refractivity contribution is 4.78. The molecule has 1 aliphatic heterocycles. The molecule has 0 radical (unpaired) electrons. The van der Waals surface area contributed by atoms with E-state index in [2.05, 4.69) is 24.2 Å². The van der Waals surface area contributed by atoms with Crippen molar-refractivity contribution in [3.8, 4) is 0 Å². The van der Waals surface area contributed by atoms with Crippen LogP contribution in [0, 0.1) is 5.92 Å². The molecule has 1 rings (SSSR count). The minimum absolute atomic E-state index is 0.696. The van der Waals surface area contributed by atoms with Crippen LogP contribution < -0.4 is 5.32 Å². The quantitative estimate of drug-likeness (QED) is 0.675. The highest BCUT2D eigenvalue weighted by atomic mass is 16.5. The van der Waals surface area contributed by atoms with E-state index >= 15 is 0 Å². The average Bonchev–Trinajstić information content (AvgIpc) is 2.18. The van der Waals surface area contributed by atoms with E-state index in [4.69, 9.17) is 4.74 Å². The molecule has 0 bridgehead atoms. The van der Waals surface area contributed by atoms with Gasteiger partial charge in [0.05, 0.1) is 0 Å². The summed E-state index contributed by atoms with van der Waals surface area (Å²) in [5.41, 5.74) is 0. The van der Waals surface area contributed by atoms with Crippen LogP contribution in [0.2, 0.25) is 0 Å². The molecule has 15 heavy (non-hydrogen) atoms. The van der Waals surface area contributed by atoms with Crippen LogP contribution >= 0.6 is 0 Å². The van der Waals surface area contributed by atoms with Crippen molar-refractivity contribution < 1.29 is 4.74 Å². The van der Waals surface area contributed by atoms with E-state index in [1.54, 1.807) is 7.11 Å². The van der Waals surface area contributed by atoms with Gasteiger partial charge in [-0.25, -0.2) is 0 Å². The molecule has 1 saturated heterocycles. The summed E-state index contributed by atoms with van der Waals surface area (Å²) in [6.45, 7) is 6.74. The number of hydrogen-bond donors (Lipinski definition) is 1. The minimum atomic E-state index is 0.696. The van der Waals surface area contributed by atoms with E-state index in [-0.39, 0.29) is 0 Å². The fourth-order valence-electron chi connectivity index (χ4n) is 2.31. The first-order valence-electron chi connectivity index (χ1n) is 6.13. The Hall–Kier alpha value is -0.120. The van der Waals surface area contributed by atoms with Crippen molar-refractivity contribution in [2.24, 2.45) is 5.92 Å². The lowest BCUT2D eigenvalue weighted by atomic mass is 9.94. The van der Waals surface area contributed by atoms with Crippen molar-refractivity contribution >= 4 is 0 Å². The van der Waals surface area contributed by atoms with Crippen LogP contribution in [0.1, 0.15) is 26.2 Å². The van der Waals surface area contributed by atoms with Gasteiger partial charge in [0.15, 0.2) is 0 Å². The van der Waals surface area contributed by atoms with Crippen LogP contribution in [0.25, 0.3) is 0 Å². The van der Waals surface area contributed by atoms with Crippen LogP contribution in [0.5, 0.6) is 0 Å². The first-order chi connectivity index (χ1) is 7.22. The zero-order valence-corrected chi connectivity index (χ0v) is 10.5. The fraction of sp³-hybridized carbons (Fsp3) is 1.00. The number of rotatable bonds is 6. The molecule has 0 saturated carbocycles. The number of ether oxygens (including phenoxy) is 1. The molecule has 90 valence electrons. The van der Waals surface area contributed by atoms with Crippen molar-refractivity contribution in [2.75, 3.05) is 40.4 Å². The molecule has 1 aliphatic rings. The third kappa shape index (κ3) is 5.50. The van der Waals surface area contributed by atoms with Crippen LogP contribution in [0.15, 0.2) is 0 Å². The highest BCUT2D eigenvalue weighted by Gasteiger charge is 2.18. The van der Waals surface area contributed by atoms with Crippen molar-refractivity contribution in [1.82, 2.24) is 10.2 Å². The molecule has 3 nitrogen and oxygen atoms in total. The maximum absolute atomic E-state index is 5.06. The molecule has 0 aromatic rings. The van der Waals surface area contributed by atoms with Crippen molar-refractivity contribution in [2.45, 2.75) is 32.2 Å². The third-order valence-electron chi connectivity index (χ3n) is 3.18. The van der Waals surface area contributed by atoms with E-state index in [1.165, 1.54) is 25.9 Å². The van der Waals surface area contributed by atoms with Crippen LogP contribution in [-0.2, 0) is 4.74 Å². The van der Waals surface area contributed by atoms with Crippen LogP contribution in [0.4, 0.5) is 0 Å². The SMILES string of the molecule is COCCCN(C)CC1CC(C)CCN1. The van der Waals surface area contributed by atoms with Crippen LogP contribution in [-0.4, -0.2) is 51.3 Å². The molecule has 0 spiro atoms. The second kappa shape index (κ2) is 7.20. The molecule has 2 unspecified atom stereocenters. The van der Waals surface area contributed by atoms with Crippen molar-refractivity contribution in [3.05, 3.63) is 0 Å². The number of nitrogens with zero attached hydrogens (tertiary/aromatic N) is 1. The van der Waals surface area contributed by atoms with E-state index < -0.39 is 0 Å². The molecule has 0 aliphatic carbocycles. The van der Waals surface area contributed by atoms with Gasteiger partial charge in [0.1, 0.15) is 0 Å². The zero-order valence-electron chi connectivity index (χ0n) is 10.5. The van der Waals surface area contributed by atoms with E-state index in [9.17, 15) is 0 Å². The lowest BCUT2D eigenvalue weighted by molar-refractivity contribution is 0.171.